The van der Waals surface area contributed by atoms with Gasteiger partial charge in [0.05, 0.1) is 23.6 Å². The van der Waals surface area contributed by atoms with Crippen LogP contribution in [0.3, 0.4) is 0 Å². The maximum atomic E-state index is 12.7. The van der Waals surface area contributed by atoms with Crippen LogP contribution in [0.1, 0.15) is 12.5 Å². The number of carbonyl (C=O) groups excluding carboxylic acids is 1. The Morgan fingerprint density at radius 1 is 1.26 bits per heavy atom. The predicted octanol–water partition coefficient (Wildman–Crippen LogP) is 2.95. The minimum atomic E-state index is -0.460. The van der Waals surface area contributed by atoms with Crippen LogP contribution in [0.5, 0.6) is 5.75 Å². The number of rotatable bonds is 3. The average Bonchev–Trinajstić information content (AvgIpc) is 2.54. The molecule has 23 heavy (non-hydrogen) atoms. The lowest BCUT2D eigenvalue weighted by Gasteiger charge is -2.33. The van der Waals surface area contributed by atoms with Crippen molar-refractivity contribution in [1.82, 2.24) is 0 Å². The van der Waals surface area contributed by atoms with Gasteiger partial charge in [-0.25, -0.2) is 0 Å². The number of hydrogen-bond donors (Lipinski definition) is 0. The summed E-state index contributed by atoms with van der Waals surface area (Å²) in [5.74, 6) is 0.476. The first-order valence-corrected chi connectivity index (χ1v) is 7.34. The normalized spacial score (nSPS) is 16.4. The molecular weight excluding hydrogens is 296 g/mol. The molecule has 0 aromatic heterocycles. The highest BCUT2D eigenvalue weighted by molar-refractivity contribution is 5.97. The van der Waals surface area contributed by atoms with Crippen LogP contribution in [0, 0.1) is 10.1 Å². The van der Waals surface area contributed by atoms with Crippen LogP contribution < -0.4 is 9.64 Å². The third kappa shape index (κ3) is 3.01. The molecule has 0 fully saturated rings. The summed E-state index contributed by atoms with van der Waals surface area (Å²) in [6, 6.07) is 13.6. The van der Waals surface area contributed by atoms with E-state index in [9.17, 15) is 14.9 Å². The topological polar surface area (TPSA) is 72.7 Å². The number of nitro groups is 1. The molecule has 1 amide bonds. The Balaban J connectivity index is 1.89. The van der Waals surface area contributed by atoms with Gasteiger partial charge in [0, 0.05) is 11.6 Å². The van der Waals surface area contributed by atoms with E-state index >= 15 is 0 Å². The van der Waals surface area contributed by atoms with Gasteiger partial charge in [-0.3, -0.25) is 14.9 Å². The summed E-state index contributed by atoms with van der Waals surface area (Å²) in [5, 5.41) is 11.1. The van der Waals surface area contributed by atoms with Gasteiger partial charge in [0.2, 0.25) is 5.91 Å². The maximum absolute atomic E-state index is 12.7. The molecule has 6 nitrogen and oxygen atoms in total. The Morgan fingerprint density at radius 3 is 2.74 bits per heavy atom. The Labute approximate surface area is 133 Å². The van der Waals surface area contributed by atoms with Crippen LogP contribution in [0.15, 0.2) is 48.5 Å². The molecule has 1 unspecified atom stereocenters. The van der Waals surface area contributed by atoms with E-state index in [0.717, 1.165) is 0 Å². The van der Waals surface area contributed by atoms with Gasteiger partial charge in [-0.15, -0.1) is 0 Å². The predicted molar refractivity (Wildman–Crippen MR) is 85.7 cm³/mol. The second-order valence-corrected chi connectivity index (χ2v) is 5.46. The van der Waals surface area contributed by atoms with Gasteiger partial charge < -0.3 is 9.64 Å². The first-order valence-electron chi connectivity index (χ1n) is 7.34. The van der Waals surface area contributed by atoms with Gasteiger partial charge in [0.15, 0.2) is 0 Å². The zero-order valence-electron chi connectivity index (χ0n) is 12.6. The first kappa shape index (κ1) is 15.0. The highest BCUT2D eigenvalue weighted by Crippen LogP contribution is 2.33. The van der Waals surface area contributed by atoms with Crippen LogP contribution in [-0.2, 0) is 11.2 Å². The second-order valence-electron chi connectivity index (χ2n) is 5.46. The number of ether oxygens (including phenoxy) is 1. The number of fused-ring (bicyclic) bond motifs is 1. The summed E-state index contributed by atoms with van der Waals surface area (Å²) >= 11 is 0. The van der Waals surface area contributed by atoms with E-state index in [1.54, 1.807) is 23.1 Å². The van der Waals surface area contributed by atoms with Crippen LogP contribution in [-0.4, -0.2) is 23.5 Å². The van der Waals surface area contributed by atoms with Crippen LogP contribution >= 0.6 is 0 Å². The molecule has 0 spiro atoms. The van der Waals surface area contributed by atoms with Crippen LogP contribution in [0.25, 0.3) is 0 Å². The number of nitrogens with zero attached hydrogens (tertiary/aromatic N) is 2. The lowest BCUT2D eigenvalue weighted by molar-refractivity contribution is -0.385. The van der Waals surface area contributed by atoms with Crippen molar-refractivity contribution in [3.05, 3.63) is 64.2 Å². The number of carbonyl (C=O) groups is 1. The molecule has 2 aromatic rings. The number of hydrogen-bond acceptors (Lipinski definition) is 4. The maximum Gasteiger partial charge on any atom is 0.273 e. The summed E-state index contributed by atoms with van der Waals surface area (Å²) in [6.07, 6.45) is -0.141. The van der Waals surface area contributed by atoms with E-state index in [0.29, 0.717) is 23.5 Å². The zero-order chi connectivity index (χ0) is 16.4. The van der Waals surface area contributed by atoms with E-state index in [4.69, 9.17) is 4.74 Å². The highest BCUT2D eigenvalue weighted by Gasteiger charge is 2.28. The van der Waals surface area contributed by atoms with E-state index in [-0.39, 0.29) is 24.1 Å². The van der Waals surface area contributed by atoms with E-state index in [1.807, 2.05) is 31.2 Å². The number of nitro benzene ring substituents is 1. The minimum Gasteiger partial charge on any atom is -0.487 e. The summed E-state index contributed by atoms with van der Waals surface area (Å²) in [7, 11) is 0. The third-order valence-electron chi connectivity index (χ3n) is 3.75. The molecular formula is C17H16N2O4. The molecule has 1 atom stereocenters. The molecule has 0 N–H and O–H groups in total. The van der Waals surface area contributed by atoms with Crippen molar-refractivity contribution in [2.45, 2.75) is 19.4 Å². The fourth-order valence-corrected chi connectivity index (χ4v) is 2.72. The molecule has 1 aliphatic heterocycles. The van der Waals surface area contributed by atoms with Gasteiger partial charge in [-0.1, -0.05) is 30.3 Å². The Bertz CT molecular complexity index is 760. The van der Waals surface area contributed by atoms with Crippen LogP contribution in [0.4, 0.5) is 11.4 Å². The van der Waals surface area contributed by atoms with Crippen molar-refractivity contribution < 1.29 is 14.5 Å². The zero-order valence-corrected chi connectivity index (χ0v) is 12.6. The molecule has 1 heterocycles. The number of para-hydroxylation sites is 3. The van der Waals surface area contributed by atoms with Crippen molar-refractivity contribution in [1.29, 1.82) is 0 Å². The molecule has 6 heteroatoms. The van der Waals surface area contributed by atoms with Gasteiger partial charge in [0.1, 0.15) is 11.9 Å². The SMILES string of the molecule is CC1CN(C(=O)Cc2ccccc2[N+](=O)[O-])c2ccccc2O1. The van der Waals surface area contributed by atoms with E-state index in [2.05, 4.69) is 0 Å². The van der Waals surface area contributed by atoms with Crippen molar-refractivity contribution in [3.63, 3.8) is 0 Å². The molecule has 2 aromatic carbocycles. The average molecular weight is 312 g/mol. The smallest absolute Gasteiger partial charge is 0.273 e. The summed E-state index contributed by atoms with van der Waals surface area (Å²) in [4.78, 5) is 25.0. The molecule has 1 aliphatic rings. The van der Waals surface area contributed by atoms with Crippen molar-refractivity contribution in [2.24, 2.45) is 0 Å². The minimum absolute atomic E-state index is 0.0157. The number of amides is 1. The standard InChI is InChI=1S/C17H16N2O4/c1-12-11-18(15-8-4-5-9-16(15)23-12)17(20)10-13-6-2-3-7-14(13)19(21)22/h2-9,12H,10-11H2,1H3. The largest absolute Gasteiger partial charge is 0.487 e. The van der Waals surface area contributed by atoms with Gasteiger partial charge in [0.25, 0.3) is 5.69 Å². The monoisotopic (exact) mass is 312 g/mol. The molecule has 0 saturated heterocycles. The highest BCUT2D eigenvalue weighted by atomic mass is 16.6. The Hall–Kier alpha value is -2.89. The molecule has 3 rings (SSSR count). The molecule has 0 saturated carbocycles. The number of benzene rings is 2. The fourth-order valence-electron chi connectivity index (χ4n) is 2.72. The molecule has 118 valence electrons. The lowest BCUT2D eigenvalue weighted by Crippen LogP contribution is -2.43. The van der Waals surface area contributed by atoms with Crippen molar-refractivity contribution in [3.8, 4) is 5.75 Å². The van der Waals surface area contributed by atoms with Crippen molar-refractivity contribution >= 4 is 17.3 Å². The van der Waals surface area contributed by atoms with Gasteiger partial charge in [-0.2, -0.15) is 0 Å². The first-order chi connectivity index (χ1) is 11.1. The Kier molecular flexibility index (Phi) is 3.97. The second kappa shape index (κ2) is 6.08. The molecule has 0 bridgehead atoms. The fraction of sp³-hybridized carbons (Fsp3) is 0.235. The van der Waals surface area contributed by atoms with Crippen LogP contribution in [0.2, 0.25) is 0 Å². The van der Waals surface area contributed by atoms with Gasteiger partial charge >= 0.3 is 0 Å². The lowest BCUT2D eigenvalue weighted by atomic mass is 10.1. The summed E-state index contributed by atoms with van der Waals surface area (Å²) in [5.41, 5.74) is 1.09. The summed E-state index contributed by atoms with van der Waals surface area (Å²) in [6.45, 7) is 2.32. The summed E-state index contributed by atoms with van der Waals surface area (Å²) < 4.78 is 5.72. The Morgan fingerprint density at radius 2 is 1.96 bits per heavy atom. The molecule has 0 radical (unpaired) electrons. The molecule has 0 aliphatic carbocycles. The van der Waals surface area contributed by atoms with E-state index in [1.165, 1.54) is 6.07 Å². The van der Waals surface area contributed by atoms with Gasteiger partial charge in [-0.05, 0) is 19.1 Å². The third-order valence-corrected chi connectivity index (χ3v) is 3.75. The quantitative estimate of drug-likeness (QED) is 0.645. The van der Waals surface area contributed by atoms with Crippen molar-refractivity contribution in [2.75, 3.05) is 11.4 Å². The number of anilines is 1. The van der Waals surface area contributed by atoms with E-state index < -0.39 is 4.92 Å².